The number of nitrogens with zero attached hydrogens (tertiary/aromatic N) is 2. The first kappa shape index (κ1) is 22.7. The van der Waals surface area contributed by atoms with Crippen LogP contribution in [0.2, 0.25) is 0 Å². The Balaban J connectivity index is 2.40. The van der Waals surface area contributed by atoms with Crippen LogP contribution in [-0.2, 0) is 11.0 Å². The van der Waals surface area contributed by atoms with E-state index in [9.17, 15) is 22.4 Å². The van der Waals surface area contributed by atoms with Gasteiger partial charge in [-0.1, -0.05) is 6.58 Å². The number of hydrogen-bond donors (Lipinski definition) is 1. The fourth-order valence-electron chi connectivity index (χ4n) is 2.13. The Morgan fingerprint density at radius 3 is 2.59 bits per heavy atom. The van der Waals surface area contributed by atoms with Crippen LogP contribution in [-0.4, -0.2) is 29.9 Å². The molecule has 0 bridgehead atoms. The molecule has 0 aliphatic carbocycles. The predicted molar refractivity (Wildman–Crippen MR) is 98.4 cm³/mol. The zero-order chi connectivity index (χ0) is 21.8. The zero-order valence-corrected chi connectivity index (χ0v) is 16.9. The summed E-state index contributed by atoms with van der Waals surface area (Å²) in [7, 11) is 1.01. The first-order chi connectivity index (χ1) is 13.5. The Morgan fingerprint density at radius 1 is 1.31 bits per heavy atom. The van der Waals surface area contributed by atoms with Crippen LogP contribution < -0.4 is 20.5 Å². The van der Waals surface area contributed by atoms with Crippen molar-refractivity contribution in [1.82, 2.24) is 15.0 Å². The number of rotatable bonds is 8. The minimum absolute atomic E-state index is 0.0429. The van der Waals surface area contributed by atoms with Gasteiger partial charge in [-0.25, -0.2) is 8.96 Å². The average molecular weight is 482 g/mol. The lowest BCUT2D eigenvalue weighted by Crippen LogP contribution is -2.25. The molecule has 0 aliphatic heterocycles. The van der Waals surface area contributed by atoms with E-state index in [1.165, 1.54) is 0 Å². The lowest BCUT2D eigenvalue weighted by molar-refractivity contribution is -0.141. The number of allylic oxidation sites excluding steroid dienone is 1. The molecular formula is C17H16BrF4N3O4. The number of hydrogen-bond acceptors (Lipinski definition) is 6. The molecule has 2 rings (SSSR count). The third kappa shape index (κ3) is 5.70. The quantitative estimate of drug-likeness (QED) is 0.352. The number of hydroxylamine groups is 1. The number of aromatic nitrogens is 2. The monoisotopic (exact) mass is 481 g/mol. The van der Waals surface area contributed by atoms with Gasteiger partial charge in [0.05, 0.1) is 17.3 Å². The van der Waals surface area contributed by atoms with Gasteiger partial charge in [-0.3, -0.25) is 15.1 Å². The summed E-state index contributed by atoms with van der Waals surface area (Å²) in [5.41, 5.74) is 0.0807. The summed E-state index contributed by atoms with van der Waals surface area (Å²) in [4.78, 5) is 20.6. The van der Waals surface area contributed by atoms with Crippen molar-refractivity contribution >= 4 is 15.9 Å². The van der Waals surface area contributed by atoms with Gasteiger partial charge < -0.3 is 9.47 Å². The zero-order valence-electron chi connectivity index (χ0n) is 15.3. The van der Waals surface area contributed by atoms with E-state index in [-0.39, 0.29) is 29.5 Å². The molecule has 1 N–H and O–H groups in total. The highest BCUT2D eigenvalue weighted by Gasteiger charge is 2.34. The number of benzene rings is 1. The molecular weight excluding hydrogens is 466 g/mol. The van der Waals surface area contributed by atoms with E-state index in [0.717, 1.165) is 19.2 Å². The molecule has 1 heterocycles. The number of nitrogens with one attached hydrogen (secondary N) is 1. The first-order valence-electron chi connectivity index (χ1n) is 7.95. The Morgan fingerprint density at radius 2 is 2.00 bits per heavy atom. The number of alkyl halides is 3. The van der Waals surface area contributed by atoms with E-state index in [0.29, 0.717) is 10.3 Å². The molecule has 2 aromatic rings. The maximum absolute atomic E-state index is 14.5. The Hall–Kier alpha value is -2.60. The highest BCUT2D eigenvalue weighted by Crippen LogP contribution is 2.32. The van der Waals surface area contributed by atoms with Crippen LogP contribution >= 0.6 is 15.9 Å². The Labute approximate surface area is 171 Å². The second-order valence-electron chi connectivity index (χ2n) is 5.61. The third-order valence-electron chi connectivity index (χ3n) is 3.29. The molecule has 7 nitrogen and oxygen atoms in total. The summed E-state index contributed by atoms with van der Waals surface area (Å²) in [5, 5.41) is 0. The predicted octanol–water partition coefficient (Wildman–Crippen LogP) is 3.60. The van der Waals surface area contributed by atoms with Crippen molar-refractivity contribution < 1.29 is 31.9 Å². The smallest absolute Gasteiger partial charge is 0.433 e. The van der Waals surface area contributed by atoms with Crippen LogP contribution in [0.4, 0.5) is 17.6 Å². The van der Waals surface area contributed by atoms with Crippen molar-refractivity contribution in [1.29, 1.82) is 0 Å². The Bertz CT molecular complexity index is 963. The molecule has 0 aliphatic rings. The summed E-state index contributed by atoms with van der Waals surface area (Å²) < 4.78 is 64.1. The fourth-order valence-corrected chi connectivity index (χ4v) is 2.56. The van der Waals surface area contributed by atoms with E-state index in [2.05, 4.69) is 33.0 Å². The van der Waals surface area contributed by atoms with Crippen LogP contribution in [0.5, 0.6) is 11.8 Å². The van der Waals surface area contributed by atoms with Gasteiger partial charge >= 0.3 is 12.2 Å². The lowest BCUT2D eigenvalue weighted by Gasteiger charge is -2.16. The van der Waals surface area contributed by atoms with Gasteiger partial charge in [-0.15, -0.1) is 0 Å². The van der Waals surface area contributed by atoms with Gasteiger partial charge in [-0.2, -0.15) is 18.2 Å². The van der Waals surface area contributed by atoms with Gasteiger partial charge in [0.25, 0.3) is 5.56 Å². The second kappa shape index (κ2) is 9.27. The molecule has 0 radical (unpaired) electrons. The molecule has 0 saturated heterocycles. The summed E-state index contributed by atoms with van der Waals surface area (Å²) >= 11 is 3.12. The van der Waals surface area contributed by atoms with E-state index < -0.39 is 34.9 Å². The Kier molecular flexibility index (Phi) is 7.25. The van der Waals surface area contributed by atoms with Gasteiger partial charge in [0.2, 0.25) is 0 Å². The van der Waals surface area contributed by atoms with Crippen LogP contribution in [0.15, 0.2) is 39.7 Å². The van der Waals surface area contributed by atoms with Crippen molar-refractivity contribution in [3.8, 4) is 17.4 Å². The van der Waals surface area contributed by atoms with Crippen molar-refractivity contribution in [3.63, 3.8) is 0 Å². The van der Waals surface area contributed by atoms with Crippen LogP contribution in [0, 0.1) is 5.82 Å². The highest BCUT2D eigenvalue weighted by molar-refractivity contribution is 9.10. The molecule has 0 saturated carbocycles. The number of methoxy groups -OCH3 is 1. The van der Waals surface area contributed by atoms with Gasteiger partial charge in [0.15, 0.2) is 5.69 Å². The number of ether oxygens (including phenoxy) is 2. The van der Waals surface area contributed by atoms with Crippen LogP contribution in [0.25, 0.3) is 5.69 Å². The van der Waals surface area contributed by atoms with E-state index in [1.54, 1.807) is 6.92 Å². The number of halogens is 5. The van der Waals surface area contributed by atoms with E-state index in [1.807, 2.05) is 0 Å². The maximum Gasteiger partial charge on any atom is 0.433 e. The summed E-state index contributed by atoms with van der Waals surface area (Å²) in [5.74, 6) is -0.791. The lowest BCUT2D eigenvalue weighted by atomic mass is 10.2. The van der Waals surface area contributed by atoms with Crippen LogP contribution in [0.1, 0.15) is 12.6 Å². The van der Waals surface area contributed by atoms with Crippen molar-refractivity contribution in [3.05, 3.63) is 56.8 Å². The third-order valence-corrected chi connectivity index (χ3v) is 3.91. The maximum atomic E-state index is 14.5. The van der Waals surface area contributed by atoms with E-state index >= 15 is 0 Å². The molecule has 0 amide bonds. The second-order valence-corrected chi connectivity index (χ2v) is 6.47. The standard InChI is InChI=1S/C17H16BrF4N3O4/c1-9(2)24-29-5-4-28-13-7-12(11(19)6-10(13)18)25-15(26)8-14(17(20,21)22)23-16(25)27-3/h6-8,24H,1,4-5H2,2-3H3. The fraction of sp³-hybridized carbons (Fsp3) is 0.294. The van der Waals surface area contributed by atoms with Gasteiger partial charge in [0, 0.05) is 17.8 Å². The average Bonchev–Trinajstić information content (AvgIpc) is 2.61. The molecule has 158 valence electrons. The van der Waals surface area contributed by atoms with Gasteiger partial charge in [-0.05, 0) is 28.9 Å². The van der Waals surface area contributed by atoms with Crippen molar-refractivity contribution in [2.75, 3.05) is 20.3 Å². The van der Waals surface area contributed by atoms with Crippen molar-refractivity contribution in [2.45, 2.75) is 13.1 Å². The minimum Gasteiger partial charge on any atom is -0.490 e. The molecule has 0 unspecified atom stereocenters. The normalized spacial score (nSPS) is 11.3. The van der Waals surface area contributed by atoms with E-state index in [4.69, 9.17) is 14.3 Å². The summed E-state index contributed by atoms with van der Waals surface area (Å²) in [6, 6.07) is 1.65. The molecule has 29 heavy (non-hydrogen) atoms. The summed E-state index contributed by atoms with van der Waals surface area (Å²) in [6.07, 6.45) is -4.87. The van der Waals surface area contributed by atoms with Crippen molar-refractivity contribution in [2.24, 2.45) is 0 Å². The molecule has 1 aromatic heterocycles. The molecule has 0 fully saturated rings. The molecule has 12 heteroatoms. The molecule has 0 atom stereocenters. The first-order valence-corrected chi connectivity index (χ1v) is 8.74. The molecule has 0 spiro atoms. The minimum atomic E-state index is -4.87. The topological polar surface area (TPSA) is 74.6 Å². The summed E-state index contributed by atoms with van der Waals surface area (Å²) in [6.45, 7) is 5.42. The highest BCUT2D eigenvalue weighted by atomic mass is 79.9. The van der Waals surface area contributed by atoms with Gasteiger partial charge in [0.1, 0.15) is 24.8 Å². The van der Waals surface area contributed by atoms with Crippen LogP contribution in [0.3, 0.4) is 0 Å². The largest absolute Gasteiger partial charge is 0.490 e. The SMILES string of the molecule is C=C(C)NOCCOc1cc(-n2c(OC)nc(C(F)(F)F)cc2=O)c(F)cc1Br. The molecule has 1 aromatic carbocycles.